The van der Waals surface area contributed by atoms with Crippen LogP contribution in [0, 0.1) is 0 Å². The van der Waals surface area contributed by atoms with Crippen molar-refractivity contribution in [3.63, 3.8) is 0 Å². The zero-order valence-corrected chi connectivity index (χ0v) is 13.5. The van der Waals surface area contributed by atoms with Crippen molar-refractivity contribution in [2.75, 3.05) is 6.54 Å². The van der Waals surface area contributed by atoms with Crippen LogP contribution in [0.15, 0.2) is 24.5 Å². The predicted octanol–water partition coefficient (Wildman–Crippen LogP) is 2.39. The number of rotatable bonds is 3. The minimum Gasteiger partial charge on any atom is -0.459 e. The quantitative estimate of drug-likeness (QED) is 0.802. The van der Waals surface area contributed by atoms with Gasteiger partial charge in [0.05, 0.1) is 5.25 Å². The Kier molecular flexibility index (Phi) is 4.56. The van der Waals surface area contributed by atoms with Crippen LogP contribution in [0.4, 0.5) is 0 Å². The molecule has 0 radical (unpaired) electrons. The van der Waals surface area contributed by atoms with Crippen LogP contribution in [0.3, 0.4) is 0 Å². The van der Waals surface area contributed by atoms with Gasteiger partial charge in [-0.05, 0) is 33.8 Å². The summed E-state index contributed by atoms with van der Waals surface area (Å²) < 4.78 is 5.31. The van der Waals surface area contributed by atoms with Gasteiger partial charge in [0.1, 0.15) is 17.5 Å². The number of ether oxygens (including phenoxy) is 1. The molecule has 1 aliphatic heterocycles. The third-order valence-corrected chi connectivity index (χ3v) is 4.33. The van der Waals surface area contributed by atoms with E-state index in [-0.39, 0.29) is 29.0 Å². The molecule has 1 aromatic heterocycles. The molecule has 114 valence electrons. The van der Waals surface area contributed by atoms with E-state index in [0.29, 0.717) is 0 Å². The summed E-state index contributed by atoms with van der Waals surface area (Å²) in [4.78, 5) is 29.9. The summed E-state index contributed by atoms with van der Waals surface area (Å²) in [5.74, 6) is -0.431. The fourth-order valence-corrected chi connectivity index (χ4v) is 3.39. The van der Waals surface area contributed by atoms with Crippen molar-refractivity contribution in [3.8, 4) is 0 Å². The Balaban J connectivity index is 2.14. The van der Waals surface area contributed by atoms with Crippen molar-refractivity contribution >= 4 is 23.6 Å². The van der Waals surface area contributed by atoms with E-state index in [9.17, 15) is 9.59 Å². The van der Waals surface area contributed by atoms with E-state index in [4.69, 9.17) is 4.74 Å². The number of amides is 1. The fourth-order valence-electron chi connectivity index (χ4n) is 2.13. The Morgan fingerprint density at radius 1 is 1.48 bits per heavy atom. The first-order valence-electron chi connectivity index (χ1n) is 6.85. The Hall–Kier alpha value is -1.56. The standard InChI is InChI=1S/C15H20N2O3S/c1-10-13(19)17(9-12(18)20-15(2,3)4)14(21-10)11-6-5-7-16-8-11/h5-8,10,14H,9H2,1-4H3. The molecule has 0 bridgehead atoms. The summed E-state index contributed by atoms with van der Waals surface area (Å²) in [6.45, 7) is 7.25. The van der Waals surface area contributed by atoms with E-state index >= 15 is 0 Å². The Morgan fingerprint density at radius 3 is 2.76 bits per heavy atom. The molecule has 0 spiro atoms. The minimum absolute atomic E-state index is 0.0347. The Morgan fingerprint density at radius 2 is 2.19 bits per heavy atom. The van der Waals surface area contributed by atoms with Gasteiger partial charge in [-0.1, -0.05) is 6.07 Å². The minimum atomic E-state index is -0.553. The SMILES string of the molecule is CC1SC(c2cccnc2)N(CC(=O)OC(C)(C)C)C1=O. The number of hydrogen-bond acceptors (Lipinski definition) is 5. The van der Waals surface area contributed by atoms with E-state index in [1.807, 2.05) is 39.8 Å². The van der Waals surface area contributed by atoms with Crippen LogP contribution in [0.5, 0.6) is 0 Å². The maximum Gasteiger partial charge on any atom is 0.326 e. The van der Waals surface area contributed by atoms with E-state index in [0.717, 1.165) is 5.56 Å². The highest BCUT2D eigenvalue weighted by Crippen LogP contribution is 2.42. The molecule has 2 atom stereocenters. The van der Waals surface area contributed by atoms with Gasteiger partial charge < -0.3 is 9.64 Å². The molecule has 6 heteroatoms. The predicted molar refractivity (Wildman–Crippen MR) is 81.6 cm³/mol. The molecule has 1 fully saturated rings. The van der Waals surface area contributed by atoms with Gasteiger partial charge in [-0.2, -0.15) is 0 Å². The number of aromatic nitrogens is 1. The summed E-state index contributed by atoms with van der Waals surface area (Å²) in [6.07, 6.45) is 3.41. The van der Waals surface area contributed by atoms with Crippen molar-refractivity contribution in [1.29, 1.82) is 0 Å². The van der Waals surface area contributed by atoms with Crippen molar-refractivity contribution in [2.24, 2.45) is 0 Å². The van der Waals surface area contributed by atoms with Gasteiger partial charge in [0.2, 0.25) is 5.91 Å². The molecule has 1 saturated heterocycles. The second kappa shape index (κ2) is 6.05. The summed E-state index contributed by atoms with van der Waals surface area (Å²) in [7, 11) is 0. The van der Waals surface area contributed by atoms with Crippen LogP contribution >= 0.6 is 11.8 Å². The number of thioether (sulfide) groups is 1. The fraction of sp³-hybridized carbons (Fsp3) is 0.533. The lowest BCUT2D eigenvalue weighted by atomic mass is 10.2. The molecule has 2 rings (SSSR count). The molecule has 0 N–H and O–H groups in total. The summed E-state index contributed by atoms with van der Waals surface area (Å²) in [6, 6.07) is 3.74. The highest BCUT2D eigenvalue weighted by atomic mass is 32.2. The first-order chi connectivity index (χ1) is 9.78. The van der Waals surface area contributed by atoms with Crippen LogP contribution in [0.2, 0.25) is 0 Å². The van der Waals surface area contributed by atoms with E-state index < -0.39 is 5.60 Å². The lowest BCUT2D eigenvalue weighted by Crippen LogP contribution is -2.38. The maximum atomic E-state index is 12.3. The largest absolute Gasteiger partial charge is 0.459 e. The van der Waals surface area contributed by atoms with Crippen LogP contribution in [-0.2, 0) is 14.3 Å². The zero-order chi connectivity index (χ0) is 15.6. The van der Waals surface area contributed by atoms with Gasteiger partial charge in [0.15, 0.2) is 0 Å². The number of pyridine rings is 1. The van der Waals surface area contributed by atoms with E-state index in [1.54, 1.807) is 17.3 Å². The molecule has 1 amide bonds. The first kappa shape index (κ1) is 15.8. The normalized spacial score (nSPS) is 22.5. The van der Waals surface area contributed by atoms with Gasteiger partial charge in [-0.15, -0.1) is 11.8 Å². The molecule has 0 saturated carbocycles. The van der Waals surface area contributed by atoms with Gasteiger partial charge >= 0.3 is 5.97 Å². The number of hydrogen-bond donors (Lipinski definition) is 0. The molecule has 0 aliphatic carbocycles. The lowest BCUT2D eigenvalue weighted by molar-refractivity contribution is -0.158. The summed E-state index contributed by atoms with van der Waals surface area (Å²) >= 11 is 1.52. The zero-order valence-electron chi connectivity index (χ0n) is 12.7. The van der Waals surface area contributed by atoms with E-state index in [1.165, 1.54) is 11.8 Å². The molecule has 21 heavy (non-hydrogen) atoms. The van der Waals surface area contributed by atoms with Gasteiger partial charge in [-0.25, -0.2) is 0 Å². The summed E-state index contributed by atoms with van der Waals surface area (Å²) in [5, 5.41) is -0.355. The van der Waals surface area contributed by atoms with Crippen molar-refractivity contribution < 1.29 is 14.3 Å². The highest BCUT2D eigenvalue weighted by molar-refractivity contribution is 8.01. The van der Waals surface area contributed by atoms with Crippen LogP contribution in [-0.4, -0.2) is 39.2 Å². The lowest BCUT2D eigenvalue weighted by Gasteiger charge is -2.25. The first-order valence-corrected chi connectivity index (χ1v) is 7.80. The molecule has 5 nitrogen and oxygen atoms in total. The molecule has 0 aromatic carbocycles. The maximum absolute atomic E-state index is 12.3. The van der Waals surface area contributed by atoms with Crippen LogP contribution in [0.1, 0.15) is 38.6 Å². The van der Waals surface area contributed by atoms with Crippen LogP contribution in [0.25, 0.3) is 0 Å². The second-order valence-electron chi connectivity index (χ2n) is 5.97. The smallest absolute Gasteiger partial charge is 0.326 e. The van der Waals surface area contributed by atoms with Gasteiger partial charge in [-0.3, -0.25) is 14.6 Å². The summed E-state index contributed by atoms with van der Waals surface area (Å²) in [5.41, 5.74) is 0.367. The molecule has 2 unspecified atom stereocenters. The number of carbonyl (C=O) groups is 2. The average Bonchev–Trinajstić information content (AvgIpc) is 2.66. The van der Waals surface area contributed by atoms with E-state index in [2.05, 4.69) is 4.98 Å². The third kappa shape index (κ3) is 3.97. The van der Waals surface area contributed by atoms with Crippen molar-refractivity contribution in [2.45, 2.75) is 43.9 Å². The second-order valence-corrected chi connectivity index (χ2v) is 7.40. The number of carbonyl (C=O) groups excluding carboxylic acids is 2. The molecule has 1 aliphatic rings. The Labute approximate surface area is 129 Å². The van der Waals surface area contributed by atoms with Gasteiger partial charge in [0.25, 0.3) is 0 Å². The molecule has 2 heterocycles. The highest BCUT2D eigenvalue weighted by Gasteiger charge is 2.40. The third-order valence-electron chi connectivity index (χ3n) is 2.94. The molecule has 1 aromatic rings. The molecular weight excluding hydrogens is 288 g/mol. The number of esters is 1. The van der Waals surface area contributed by atoms with Crippen molar-refractivity contribution in [3.05, 3.63) is 30.1 Å². The molecular formula is C15H20N2O3S. The topological polar surface area (TPSA) is 59.5 Å². The average molecular weight is 308 g/mol. The van der Waals surface area contributed by atoms with Crippen molar-refractivity contribution in [1.82, 2.24) is 9.88 Å². The van der Waals surface area contributed by atoms with Gasteiger partial charge in [0, 0.05) is 18.0 Å². The monoisotopic (exact) mass is 308 g/mol. The number of nitrogens with zero attached hydrogens (tertiary/aromatic N) is 2. The van der Waals surface area contributed by atoms with Crippen LogP contribution < -0.4 is 0 Å². The Bertz CT molecular complexity index is 527.